The monoisotopic (exact) mass is 255 g/mol. The summed E-state index contributed by atoms with van der Waals surface area (Å²) in [7, 11) is 3.93. The van der Waals surface area contributed by atoms with Gasteiger partial charge in [-0.05, 0) is 44.1 Å². The van der Waals surface area contributed by atoms with E-state index in [9.17, 15) is 0 Å². The summed E-state index contributed by atoms with van der Waals surface area (Å²) >= 11 is 0. The fourth-order valence-corrected chi connectivity index (χ4v) is 3.71. The van der Waals surface area contributed by atoms with E-state index in [0.29, 0.717) is 6.04 Å². The molecule has 2 heteroatoms. The number of hydrogen-bond donors (Lipinski definition) is 1. The van der Waals surface area contributed by atoms with Gasteiger partial charge in [-0.1, -0.05) is 39.5 Å². The van der Waals surface area contributed by atoms with Crippen LogP contribution in [0.25, 0.3) is 0 Å². The summed E-state index contributed by atoms with van der Waals surface area (Å²) in [6.45, 7) is 5.58. The second-order valence-corrected chi connectivity index (χ2v) is 6.14. The molecule has 0 heterocycles. The third kappa shape index (κ3) is 4.89. The highest BCUT2D eigenvalue weighted by molar-refractivity contribution is 4.84. The lowest BCUT2D eigenvalue weighted by Crippen LogP contribution is -2.41. The molecule has 0 saturated heterocycles. The Kier molecular flexibility index (Phi) is 7.92. The highest BCUT2D eigenvalue weighted by Gasteiger charge is 2.29. The lowest BCUT2D eigenvalue weighted by atomic mass is 9.74. The summed E-state index contributed by atoms with van der Waals surface area (Å²) in [5.41, 5.74) is 0. The Morgan fingerprint density at radius 1 is 1.22 bits per heavy atom. The van der Waals surface area contributed by atoms with Gasteiger partial charge in [-0.2, -0.15) is 0 Å². The minimum absolute atomic E-state index is 0.683. The lowest BCUT2D eigenvalue weighted by Gasteiger charge is -2.37. The predicted octanol–water partition coefficient (Wildman–Crippen LogP) is 3.85. The molecule has 2 atom stereocenters. The van der Waals surface area contributed by atoms with E-state index >= 15 is 0 Å². The van der Waals surface area contributed by atoms with Gasteiger partial charge in [-0.3, -0.25) is 0 Å². The second-order valence-electron chi connectivity index (χ2n) is 6.14. The van der Waals surface area contributed by atoms with Crippen LogP contribution in [-0.4, -0.2) is 26.8 Å². The summed E-state index contributed by atoms with van der Waals surface area (Å²) in [5, 5.41) is 3.57. The van der Waals surface area contributed by atoms with E-state index in [1.54, 1.807) is 7.11 Å². The van der Waals surface area contributed by atoms with E-state index in [2.05, 4.69) is 26.2 Å². The van der Waals surface area contributed by atoms with Gasteiger partial charge in [0.05, 0.1) is 0 Å². The van der Waals surface area contributed by atoms with Crippen LogP contribution in [0.3, 0.4) is 0 Å². The molecule has 1 aliphatic carbocycles. The van der Waals surface area contributed by atoms with Crippen molar-refractivity contribution < 1.29 is 4.74 Å². The van der Waals surface area contributed by atoms with E-state index < -0.39 is 0 Å². The van der Waals surface area contributed by atoms with Crippen LogP contribution < -0.4 is 5.32 Å². The molecule has 18 heavy (non-hydrogen) atoms. The third-order valence-electron chi connectivity index (χ3n) is 4.82. The molecule has 0 amide bonds. The molecule has 0 spiro atoms. The van der Waals surface area contributed by atoms with Gasteiger partial charge in [-0.15, -0.1) is 0 Å². The molecule has 0 aromatic rings. The Labute approximate surface area is 114 Å². The largest absolute Gasteiger partial charge is 0.385 e. The average Bonchev–Trinajstić information content (AvgIpc) is 2.39. The van der Waals surface area contributed by atoms with Crippen LogP contribution in [0.2, 0.25) is 0 Å². The summed E-state index contributed by atoms with van der Waals surface area (Å²) in [6, 6.07) is 0.683. The Balaban J connectivity index is 2.37. The minimum atomic E-state index is 0.683. The fourth-order valence-electron chi connectivity index (χ4n) is 3.71. The van der Waals surface area contributed by atoms with Crippen LogP contribution in [0.1, 0.15) is 58.8 Å². The lowest BCUT2D eigenvalue weighted by molar-refractivity contribution is 0.140. The van der Waals surface area contributed by atoms with E-state index in [1.807, 2.05) is 0 Å². The van der Waals surface area contributed by atoms with E-state index in [4.69, 9.17) is 4.74 Å². The number of nitrogens with one attached hydrogen (secondary N) is 1. The molecular weight excluding hydrogens is 222 g/mol. The molecule has 2 unspecified atom stereocenters. The van der Waals surface area contributed by atoms with Crippen LogP contribution in [0.15, 0.2) is 0 Å². The molecular formula is C16H33NO. The first-order chi connectivity index (χ1) is 8.72. The molecule has 1 N–H and O–H groups in total. The van der Waals surface area contributed by atoms with Crippen molar-refractivity contribution in [3.05, 3.63) is 0 Å². The zero-order chi connectivity index (χ0) is 13.4. The molecule has 1 rings (SSSR count). The average molecular weight is 255 g/mol. The van der Waals surface area contributed by atoms with Gasteiger partial charge >= 0.3 is 0 Å². The smallest absolute Gasteiger partial charge is 0.0465 e. The maximum Gasteiger partial charge on any atom is 0.0465 e. The van der Waals surface area contributed by atoms with Gasteiger partial charge in [-0.25, -0.2) is 0 Å². The maximum absolute atomic E-state index is 5.22. The van der Waals surface area contributed by atoms with Crippen molar-refractivity contribution in [2.75, 3.05) is 20.8 Å². The Morgan fingerprint density at radius 2 is 1.89 bits per heavy atom. The van der Waals surface area contributed by atoms with Gasteiger partial charge in [0, 0.05) is 19.8 Å². The summed E-state index contributed by atoms with van der Waals surface area (Å²) < 4.78 is 5.22. The first-order valence-electron chi connectivity index (χ1n) is 7.89. The number of rotatable bonds is 8. The first-order valence-corrected chi connectivity index (χ1v) is 7.89. The van der Waals surface area contributed by atoms with Gasteiger partial charge in [0.1, 0.15) is 0 Å². The zero-order valence-corrected chi connectivity index (χ0v) is 12.9. The van der Waals surface area contributed by atoms with Crippen molar-refractivity contribution >= 4 is 0 Å². The van der Waals surface area contributed by atoms with E-state index in [-0.39, 0.29) is 0 Å². The molecule has 108 valence electrons. The third-order valence-corrected chi connectivity index (χ3v) is 4.82. The maximum atomic E-state index is 5.22. The van der Waals surface area contributed by atoms with Gasteiger partial charge < -0.3 is 10.1 Å². The summed E-state index contributed by atoms with van der Waals surface area (Å²) in [5.74, 6) is 2.62. The Bertz CT molecular complexity index is 199. The zero-order valence-electron chi connectivity index (χ0n) is 12.9. The minimum Gasteiger partial charge on any atom is -0.385 e. The SMILES string of the molecule is CCCC1CCC(C(NC)C(C)CCOC)CC1. The molecule has 0 aromatic carbocycles. The summed E-state index contributed by atoms with van der Waals surface area (Å²) in [6.07, 6.45) is 9.73. The van der Waals surface area contributed by atoms with Crippen molar-refractivity contribution in [1.82, 2.24) is 5.32 Å². The number of hydrogen-bond acceptors (Lipinski definition) is 2. The molecule has 2 nitrogen and oxygen atoms in total. The first kappa shape index (κ1) is 16.0. The van der Waals surface area contributed by atoms with Gasteiger partial charge in [0.15, 0.2) is 0 Å². The number of ether oxygens (including phenoxy) is 1. The fraction of sp³-hybridized carbons (Fsp3) is 1.00. The van der Waals surface area contributed by atoms with Crippen LogP contribution in [0.5, 0.6) is 0 Å². The normalized spacial score (nSPS) is 28.0. The molecule has 0 radical (unpaired) electrons. The predicted molar refractivity (Wildman–Crippen MR) is 78.9 cm³/mol. The second kappa shape index (κ2) is 8.92. The number of methoxy groups -OCH3 is 1. The topological polar surface area (TPSA) is 21.3 Å². The molecule has 1 saturated carbocycles. The molecule has 1 aliphatic rings. The van der Waals surface area contributed by atoms with E-state index in [1.165, 1.54) is 44.9 Å². The van der Waals surface area contributed by atoms with Gasteiger partial charge in [0.2, 0.25) is 0 Å². The van der Waals surface area contributed by atoms with Crippen LogP contribution in [0.4, 0.5) is 0 Å². The molecule has 0 aliphatic heterocycles. The van der Waals surface area contributed by atoms with Crippen molar-refractivity contribution in [2.24, 2.45) is 17.8 Å². The molecule has 0 bridgehead atoms. The van der Waals surface area contributed by atoms with Crippen molar-refractivity contribution in [3.63, 3.8) is 0 Å². The standard InChI is InChI=1S/C16H33NO/c1-5-6-14-7-9-15(10-8-14)16(17-3)13(2)11-12-18-4/h13-17H,5-12H2,1-4H3. The highest BCUT2D eigenvalue weighted by atomic mass is 16.5. The summed E-state index contributed by atoms with van der Waals surface area (Å²) in [4.78, 5) is 0. The van der Waals surface area contributed by atoms with Crippen LogP contribution in [-0.2, 0) is 4.74 Å². The van der Waals surface area contributed by atoms with E-state index in [0.717, 1.165) is 24.4 Å². The van der Waals surface area contributed by atoms with Crippen molar-refractivity contribution in [2.45, 2.75) is 64.8 Å². The Morgan fingerprint density at radius 3 is 2.39 bits per heavy atom. The van der Waals surface area contributed by atoms with Crippen LogP contribution >= 0.6 is 0 Å². The van der Waals surface area contributed by atoms with Crippen LogP contribution in [0, 0.1) is 17.8 Å². The quantitative estimate of drug-likeness (QED) is 0.711. The van der Waals surface area contributed by atoms with Crippen molar-refractivity contribution in [3.8, 4) is 0 Å². The van der Waals surface area contributed by atoms with Crippen molar-refractivity contribution in [1.29, 1.82) is 0 Å². The van der Waals surface area contributed by atoms with Gasteiger partial charge in [0.25, 0.3) is 0 Å². The molecule has 1 fully saturated rings. The highest BCUT2D eigenvalue weighted by Crippen LogP contribution is 2.35. The Hall–Kier alpha value is -0.0800. The molecule has 0 aromatic heterocycles.